The predicted octanol–water partition coefficient (Wildman–Crippen LogP) is 2.01. The number of methoxy groups -OCH3 is 1. The van der Waals surface area contributed by atoms with Crippen LogP contribution in [0.1, 0.15) is 48.7 Å². The third-order valence-electron chi connectivity index (χ3n) is 5.27. The Kier molecular flexibility index (Phi) is 4.73. The quantitative estimate of drug-likeness (QED) is 0.854. The summed E-state index contributed by atoms with van der Waals surface area (Å²) in [4.78, 5) is 14.7. The minimum absolute atomic E-state index is 0.0850. The number of aromatic nitrogens is 2. The van der Waals surface area contributed by atoms with Gasteiger partial charge in [-0.3, -0.25) is 9.48 Å². The molecule has 1 aromatic rings. The summed E-state index contributed by atoms with van der Waals surface area (Å²) in [6.45, 7) is 6.94. The van der Waals surface area contributed by atoms with Crippen molar-refractivity contribution in [3.05, 3.63) is 17.5 Å². The molecule has 1 atom stereocenters. The summed E-state index contributed by atoms with van der Waals surface area (Å²) < 4.78 is 13.6. The normalized spacial score (nSPS) is 24.1. The third kappa shape index (κ3) is 3.02. The van der Waals surface area contributed by atoms with Gasteiger partial charge in [0.25, 0.3) is 5.91 Å². The summed E-state index contributed by atoms with van der Waals surface area (Å²) in [6, 6.07) is 0. The van der Waals surface area contributed by atoms with Gasteiger partial charge in [0.1, 0.15) is 0 Å². The second kappa shape index (κ2) is 6.61. The van der Waals surface area contributed by atoms with Gasteiger partial charge in [0.05, 0.1) is 23.0 Å². The summed E-state index contributed by atoms with van der Waals surface area (Å²) >= 11 is 0. The van der Waals surface area contributed by atoms with Gasteiger partial charge in [-0.25, -0.2) is 0 Å². The highest BCUT2D eigenvalue weighted by Crippen LogP contribution is 2.37. The maximum absolute atomic E-state index is 12.8. The molecule has 128 valence electrons. The average Bonchev–Trinajstić information content (AvgIpc) is 2.96. The van der Waals surface area contributed by atoms with Gasteiger partial charge in [-0.15, -0.1) is 0 Å². The first-order valence-corrected chi connectivity index (χ1v) is 8.59. The Morgan fingerprint density at radius 3 is 2.83 bits per heavy atom. The predicted molar refractivity (Wildman–Crippen MR) is 86.5 cm³/mol. The van der Waals surface area contributed by atoms with Gasteiger partial charge in [-0.05, 0) is 39.5 Å². The summed E-state index contributed by atoms with van der Waals surface area (Å²) in [5.74, 6) is 0.0850. The number of rotatable bonds is 3. The minimum Gasteiger partial charge on any atom is -0.378 e. The van der Waals surface area contributed by atoms with Crippen LogP contribution in [0, 0.1) is 6.92 Å². The molecular weight excluding hydrogens is 294 g/mol. The molecule has 0 aliphatic carbocycles. The van der Waals surface area contributed by atoms with E-state index in [1.165, 1.54) is 0 Å². The molecule has 23 heavy (non-hydrogen) atoms. The number of piperidine rings is 1. The van der Waals surface area contributed by atoms with Crippen molar-refractivity contribution >= 4 is 5.91 Å². The summed E-state index contributed by atoms with van der Waals surface area (Å²) in [5.41, 5.74) is 1.32. The van der Waals surface area contributed by atoms with Crippen LogP contribution < -0.4 is 0 Å². The Morgan fingerprint density at radius 1 is 1.48 bits per heavy atom. The summed E-state index contributed by atoms with van der Waals surface area (Å²) in [6.07, 6.45) is 5.80. The molecule has 3 rings (SSSR count). The van der Waals surface area contributed by atoms with Gasteiger partial charge in [-0.2, -0.15) is 5.10 Å². The van der Waals surface area contributed by atoms with Crippen LogP contribution in [0.5, 0.6) is 0 Å². The van der Waals surface area contributed by atoms with E-state index in [1.807, 2.05) is 29.6 Å². The van der Waals surface area contributed by atoms with Gasteiger partial charge in [0.15, 0.2) is 0 Å². The number of ether oxygens (including phenoxy) is 2. The molecule has 0 radical (unpaired) electrons. The first-order valence-electron chi connectivity index (χ1n) is 8.59. The lowest BCUT2D eigenvalue weighted by molar-refractivity contribution is -0.183. The Morgan fingerprint density at radius 2 is 2.22 bits per heavy atom. The monoisotopic (exact) mass is 321 g/mol. The van der Waals surface area contributed by atoms with Crippen LogP contribution in [0.15, 0.2) is 6.20 Å². The molecule has 2 aliphatic rings. The number of carbonyl (C=O) groups is 1. The van der Waals surface area contributed by atoms with Crippen LogP contribution in [0.2, 0.25) is 0 Å². The molecule has 0 N–H and O–H groups in total. The Bertz CT molecular complexity index is 561. The second-order valence-electron chi connectivity index (χ2n) is 6.56. The van der Waals surface area contributed by atoms with Gasteiger partial charge in [-0.1, -0.05) is 0 Å². The number of carbonyl (C=O) groups excluding carboxylic acids is 1. The van der Waals surface area contributed by atoms with E-state index >= 15 is 0 Å². The molecule has 2 aliphatic heterocycles. The molecule has 0 aromatic carbocycles. The first kappa shape index (κ1) is 16.5. The van der Waals surface area contributed by atoms with E-state index < -0.39 is 0 Å². The lowest BCUT2D eigenvalue weighted by atomic mass is 9.81. The van der Waals surface area contributed by atoms with Gasteiger partial charge >= 0.3 is 0 Å². The fourth-order valence-electron chi connectivity index (χ4n) is 3.85. The van der Waals surface area contributed by atoms with Crippen LogP contribution in [-0.4, -0.2) is 59.1 Å². The standard InChI is InChI=1S/C17H27N3O3/c1-4-20-12-14(13(2)18-20)16(21)19-9-7-17(8-10-19)15(22-3)6-5-11-23-17/h12,15H,4-11H2,1-3H3/t15-/m1/s1. The molecule has 0 bridgehead atoms. The van der Waals surface area contributed by atoms with E-state index in [9.17, 15) is 4.79 Å². The van der Waals surface area contributed by atoms with Crippen molar-refractivity contribution in [2.24, 2.45) is 0 Å². The zero-order valence-corrected chi connectivity index (χ0v) is 14.4. The second-order valence-corrected chi connectivity index (χ2v) is 6.56. The number of amides is 1. The van der Waals surface area contributed by atoms with E-state index in [1.54, 1.807) is 7.11 Å². The third-order valence-corrected chi connectivity index (χ3v) is 5.27. The Hall–Kier alpha value is -1.40. The van der Waals surface area contributed by atoms with Crippen molar-refractivity contribution in [2.75, 3.05) is 26.8 Å². The molecule has 1 spiro atoms. The minimum atomic E-state index is -0.202. The average molecular weight is 321 g/mol. The van der Waals surface area contributed by atoms with Crippen molar-refractivity contribution in [1.29, 1.82) is 0 Å². The van der Waals surface area contributed by atoms with Crippen molar-refractivity contribution in [3.8, 4) is 0 Å². The molecule has 1 amide bonds. The van der Waals surface area contributed by atoms with Crippen LogP contribution in [0.25, 0.3) is 0 Å². The number of hydrogen-bond donors (Lipinski definition) is 0. The van der Waals surface area contributed by atoms with E-state index in [2.05, 4.69) is 5.10 Å². The van der Waals surface area contributed by atoms with Gasteiger partial charge in [0.2, 0.25) is 0 Å². The lowest BCUT2D eigenvalue weighted by Gasteiger charge is -2.48. The van der Waals surface area contributed by atoms with Crippen molar-refractivity contribution < 1.29 is 14.3 Å². The van der Waals surface area contributed by atoms with Gasteiger partial charge in [0, 0.05) is 39.5 Å². The highest BCUT2D eigenvalue weighted by atomic mass is 16.5. The number of likely N-dealkylation sites (tertiary alicyclic amines) is 1. The SMILES string of the molecule is CCn1cc(C(=O)N2CCC3(CC2)OCCC[C@H]3OC)c(C)n1. The fraction of sp³-hybridized carbons (Fsp3) is 0.765. The molecule has 0 saturated carbocycles. The topological polar surface area (TPSA) is 56.6 Å². The van der Waals surface area contributed by atoms with Crippen LogP contribution in [-0.2, 0) is 16.0 Å². The molecule has 2 fully saturated rings. The van der Waals surface area contributed by atoms with Crippen LogP contribution in [0.3, 0.4) is 0 Å². The molecule has 1 aromatic heterocycles. The number of nitrogens with zero attached hydrogens (tertiary/aromatic N) is 3. The highest BCUT2D eigenvalue weighted by molar-refractivity contribution is 5.95. The van der Waals surface area contributed by atoms with Gasteiger partial charge < -0.3 is 14.4 Å². The van der Waals surface area contributed by atoms with Crippen molar-refractivity contribution in [2.45, 2.75) is 57.8 Å². The molecule has 3 heterocycles. The summed E-state index contributed by atoms with van der Waals surface area (Å²) in [7, 11) is 1.77. The van der Waals surface area contributed by atoms with E-state index in [0.29, 0.717) is 0 Å². The lowest BCUT2D eigenvalue weighted by Crippen LogP contribution is -2.56. The fourth-order valence-corrected chi connectivity index (χ4v) is 3.85. The molecule has 6 nitrogen and oxygen atoms in total. The maximum Gasteiger partial charge on any atom is 0.257 e. The molecule has 0 unspecified atom stereocenters. The van der Waals surface area contributed by atoms with Crippen molar-refractivity contribution in [1.82, 2.24) is 14.7 Å². The summed E-state index contributed by atoms with van der Waals surface area (Å²) in [5, 5.41) is 4.38. The number of aryl methyl sites for hydroxylation is 2. The molecule has 2 saturated heterocycles. The first-order chi connectivity index (χ1) is 11.1. The number of hydrogen-bond acceptors (Lipinski definition) is 4. The van der Waals surface area contributed by atoms with Crippen LogP contribution >= 0.6 is 0 Å². The maximum atomic E-state index is 12.8. The highest BCUT2D eigenvalue weighted by Gasteiger charge is 2.45. The smallest absolute Gasteiger partial charge is 0.257 e. The Balaban J connectivity index is 1.68. The van der Waals surface area contributed by atoms with E-state index in [0.717, 1.165) is 63.2 Å². The Labute approximate surface area is 137 Å². The molecule has 6 heteroatoms. The zero-order chi connectivity index (χ0) is 16.4. The van der Waals surface area contributed by atoms with Crippen LogP contribution in [0.4, 0.5) is 0 Å². The largest absolute Gasteiger partial charge is 0.378 e. The van der Waals surface area contributed by atoms with Crippen molar-refractivity contribution in [3.63, 3.8) is 0 Å². The zero-order valence-electron chi connectivity index (χ0n) is 14.4. The molecular formula is C17H27N3O3. The van der Waals surface area contributed by atoms with E-state index in [4.69, 9.17) is 9.47 Å². The van der Waals surface area contributed by atoms with E-state index in [-0.39, 0.29) is 17.6 Å².